The van der Waals surface area contributed by atoms with Crippen LogP contribution in [0.1, 0.15) is 57.7 Å². The molecule has 36 heavy (non-hydrogen) atoms. The number of esters is 1. The van der Waals surface area contributed by atoms with Gasteiger partial charge in [0.2, 0.25) is 11.8 Å². The lowest BCUT2D eigenvalue weighted by molar-refractivity contribution is -0.157. The molecule has 0 amide bonds. The van der Waals surface area contributed by atoms with E-state index in [0.717, 1.165) is 22.0 Å². The monoisotopic (exact) mass is 511 g/mol. The van der Waals surface area contributed by atoms with Crippen molar-refractivity contribution in [1.82, 2.24) is 19.9 Å². The van der Waals surface area contributed by atoms with Crippen molar-refractivity contribution in [3.05, 3.63) is 41.3 Å². The number of anilines is 2. The van der Waals surface area contributed by atoms with Crippen molar-refractivity contribution in [2.45, 2.75) is 65.6 Å². The van der Waals surface area contributed by atoms with Crippen LogP contribution in [0.3, 0.4) is 0 Å². The largest absolute Gasteiger partial charge is 0.475 e. The molecule has 3 heterocycles. The highest BCUT2D eigenvalue weighted by molar-refractivity contribution is 7.15. The van der Waals surface area contributed by atoms with Crippen LogP contribution in [0.5, 0.6) is 5.88 Å². The molecular weight excluding hydrogens is 478 g/mol. The van der Waals surface area contributed by atoms with E-state index in [4.69, 9.17) is 9.47 Å². The number of aliphatic hydroxyl groups is 1. The number of nitrogens with one attached hydrogen (secondary N) is 1. The van der Waals surface area contributed by atoms with Crippen LogP contribution in [-0.2, 0) is 15.1 Å². The molecule has 2 atom stereocenters. The lowest BCUT2D eigenvalue weighted by Gasteiger charge is -2.44. The summed E-state index contributed by atoms with van der Waals surface area (Å²) in [5.41, 5.74) is 0.817. The SMILES string of the molecule is COC(=O)C1CCC(O)(c2ncc(-c3cc(Nc4nccc(OC(C)C)n4)cc(C)n3)s2)CC1(C)C. The molecule has 9 nitrogen and oxygen atoms in total. The van der Waals surface area contributed by atoms with E-state index in [-0.39, 0.29) is 18.0 Å². The first kappa shape index (κ1) is 26.0. The highest BCUT2D eigenvalue weighted by atomic mass is 32.1. The Morgan fingerprint density at radius 1 is 1.25 bits per heavy atom. The van der Waals surface area contributed by atoms with Crippen LogP contribution in [0.4, 0.5) is 11.6 Å². The van der Waals surface area contributed by atoms with Gasteiger partial charge in [-0.25, -0.2) is 9.97 Å². The third kappa shape index (κ3) is 5.65. The van der Waals surface area contributed by atoms with Gasteiger partial charge < -0.3 is 19.9 Å². The van der Waals surface area contributed by atoms with E-state index in [1.807, 2.05) is 46.8 Å². The zero-order chi connectivity index (χ0) is 26.1. The maximum atomic E-state index is 12.2. The fraction of sp³-hybridized carbons (Fsp3) is 0.500. The molecule has 1 aliphatic carbocycles. The predicted octanol–water partition coefficient (Wildman–Crippen LogP) is 5.02. The summed E-state index contributed by atoms with van der Waals surface area (Å²) >= 11 is 1.42. The van der Waals surface area contributed by atoms with Gasteiger partial charge in [0.15, 0.2) is 0 Å². The van der Waals surface area contributed by atoms with Crippen LogP contribution in [0.15, 0.2) is 30.6 Å². The zero-order valence-corrected chi connectivity index (χ0v) is 22.3. The Morgan fingerprint density at radius 2 is 2.03 bits per heavy atom. The second kappa shape index (κ2) is 10.1. The smallest absolute Gasteiger partial charge is 0.309 e. The van der Waals surface area contributed by atoms with Crippen LogP contribution < -0.4 is 10.1 Å². The summed E-state index contributed by atoms with van der Waals surface area (Å²) in [7, 11) is 1.41. The van der Waals surface area contributed by atoms with Crippen LogP contribution in [0.25, 0.3) is 10.6 Å². The summed E-state index contributed by atoms with van der Waals surface area (Å²) in [6.45, 7) is 9.80. The number of aryl methyl sites for hydroxylation is 1. The van der Waals surface area contributed by atoms with Crippen molar-refractivity contribution >= 4 is 28.9 Å². The van der Waals surface area contributed by atoms with Crippen LogP contribution in [-0.4, -0.2) is 44.2 Å². The van der Waals surface area contributed by atoms with Crippen molar-refractivity contribution in [3.8, 4) is 16.5 Å². The first-order chi connectivity index (χ1) is 17.0. The number of hydrogen-bond donors (Lipinski definition) is 2. The topological polar surface area (TPSA) is 119 Å². The van der Waals surface area contributed by atoms with E-state index in [1.54, 1.807) is 18.5 Å². The third-order valence-electron chi connectivity index (χ3n) is 6.38. The first-order valence-corrected chi connectivity index (χ1v) is 12.8. The Balaban J connectivity index is 1.56. The van der Waals surface area contributed by atoms with E-state index in [1.165, 1.54) is 18.4 Å². The van der Waals surface area contributed by atoms with Crippen molar-refractivity contribution in [2.75, 3.05) is 12.4 Å². The van der Waals surface area contributed by atoms with E-state index in [2.05, 4.69) is 25.3 Å². The minimum absolute atomic E-state index is 0.0129. The average Bonchev–Trinajstić information content (AvgIpc) is 3.29. The normalized spacial score (nSPS) is 21.3. The van der Waals surface area contributed by atoms with Gasteiger partial charge in [0, 0.05) is 29.8 Å². The van der Waals surface area contributed by atoms with Crippen molar-refractivity contribution in [1.29, 1.82) is 0 Å². The van der Waals surface area contributed by atoms with Gasteiger partial charge in [-0.2, -0.15) is 4.98 Å². The molecule has 192 valence electrons. The number of thiazole rings is 1. The molecule has 1 saturated carbocycles. The molecule has 2 N–H and O–H groups in total. The Morgan fingerprint density at radius 3 is 2.72 bits per heavy atom. The van der Waals surface area contributed by atoms with E-state index >= 15 is 0 Å². The summed E-state index contributed by atoms with van der Waals surface area (Å²) in [6, 6.07) is 5.54. The molecule has 0 aliphatic heterocycles. The maximum absolute atomic E-state index is 12.2. The summed E-state index contributed by atoms with van der Waals surface area (Å²) < 4.78 is 10.6. The number of hydrogen-bond acceptors (Lipinski definition) is 10. The summed E-state index contributed by atoms with van der Waals surface area (Å²) in [5, 5.41) is 15.4. The molecule has 4 rings (SSSR count). The average molecular weight is 512 g/mol. The number of aromatic nitrogens is 4. The number of carbonyl (C=O) groups is 1. The highest BCUT2D eigenvalue weighted by Gasteiger charge is 2.49. The summed E-state index contributed by atoms with van der Waals surface area (Å²) in [4.78, 5) is 31.0. The second-order valence-corrected chi connectivity index (χ2v) is 11.3. The lowest BCUT2D eigenvalue weighted by atomic mass is 9.63. The van der Waals surface area contributed by atoms with Gasteiger partial charge in [-0.1, -0.05) is 13.8 Å². The molecule has 0 spiro atoms. The number of pyridine rings is 1. The third-order valence-corrected chi connectivity index (χ3v) is 7.59. The molecule has 2 unspecified atom stereocenters. The van der Waals surface area contributed by atoms with Gasteiger partial charge >= 0.3 is 5.97 Å². The minimum atomic E-state index is -1.10. The molecule has 0 saturated heterocycles. The van der Waals surface area contributed by atoms with Crippen molar-refractivity contribution in [3.63, 3.8) is 0 Å². The van der Waals surface area contributed by atoms with E-state index < -0.39 is 11.0 Å². The first-order valence-electron chi connectivity index (χ1n) is 12.0. The van der Waals surface area contributed by atoms with Gasteiger partial charge in [0.25, 0.3) is 0 Å². The van der Waals surface area contributed by atoms with Crippen LogP contribution in [0.2, 0.25) is 0 Å². The fourth-order valence-corrected chi connectivity index (χ4v) is 5.81. The standard InChI is InChI=1S/C26H33N5O4S/c1-15(2)35-21-8-10-27-24(31-21)30-17-11-16(3)29-19(12-17)20-13-28-23(36-20)26(33)9-7-18(22(32)34-6)25(4,5)14-26/h8,10-13,15,18,33H,7,9,14H2,1-6H3,(H,27,29,30,31). The number of ether oxygens (including phenoxy) is 2. The number of nitrogens with zero attached hydrogens (tertiary/aromatic N) is 4. The van der Waals surface area contributed by atoms with Gasteiger partial charge in [-0.15, -0.1) is 11.3 Å². The van der Waals surface area contributed by atoms with Crippen molar-refractivity contribution < 1.29 is 19.4 Å². The van der Waals surface area contributed by atoms with Crippen molar-refractivity contribution in [2.24, 2.45) is 11.3 Å². The summed E-state index contributed by atoms with van der Waals surface area (Å²) in [6.07, 6.45) is 4.82. The Kier molecular flexibility index (Phi) is 7.28. The molecule has 3 aromatic heterocycles. The maximum Gasteiger partial charge on any atom is 0.309 e. The molecular formula is C26H33N5O4S. The Labute approximate surface area is 215 Å². The van der Waals surface area contributed by atoms with Gasteiger partial charge in [0.05, 0.1) is 29.7 Å². The minimum Gasteiger partial charge on any atom is -0.475 e. The quantitative estimate of drug-likeness (QED) is 0.421. The molecule has 1 aliphatic rings. The Bertz CT molecular complexity index is 1240. The molecule has 0 aromatic carbocycles. The van der Waals surface area contributed by atoms with E-state index in [0.29, 0.717) is 36.1 Å². The van der Waals surface area contributed by atoms with Gasteiger partial charge in [-0.3, -0.25) is 9.78 Å². The lowest BCUT2D eigenvalue weighted by Crippen LogP contribution is -2.45. The molecule has 3 aromatic rings. The van der Waals surface area contributed by atoms with E-state index in [9.17, 15) is 9.90 Å². The zero-order valence-electron chi connectivity index (χ0n) is 21.5. The predicted molar refractivity (Wildman–Crippen MR) is 138 cm³/mol. The van der Waals surface area contributed by atoms with Crippen LogP contribution in [0, 0.1) is 18.3 Å². The molecule has 10 heteroatoms. The van der Waals surface area contributed by atoms with Gasteiger partial charge in [-0.05, 0) is 57.6 Å². The molecule has 0 radical (unpaired) electrons. The number of rotatable bonds is 7. The molecule has 0 bridgehead atoms. The second-order valence-electron chi connectivity index (χ2n) is 10.2. The van der Waals surface area contributed by atoms with Gasteiger partial charge in [0.1, 0.15) is 10.6 Å². The number of methoxy groups -OCH3 is 1. The number of carbonyl (C=O) groups excluding carboxylic acids is 1. The molecule has 1 fully saturated rings. The summed E-state index contributed by atoms with van der Waals surface area (Å²) in [5.74, 6) is 0.449. The fourth-order valence-electron chi connectivity index (χ4n) is 4.81. The highest BCUT2D eigenvalue weighted by Crippen LogP contribution is 2.51. The van der Waals surface area contributed by atoms with Crippen LogP contribution >= 0.6 is 11.3 Å². The Hall–Kier alpha value is -3.11.